The molecule has 2 N–H and O–H groups in total. The second kappa shape index (κ2) is 8.63. The summed E-state index contributed by atoms with van der Waals surface area (Å²) in [7, 11) is 0. The highest BCUT2D eigenvalue weighted by molar-refractivity contribution is 7.98. The van der Waals surface area contributed by atoms with Crippen LogP contribution in [-0.4, -0.2) is 18.3 Å². The number of anilines is 1. The zero-order valence-corrected chi connectivity index (χ0v) is 14.8. The van der Waals surface area contributed by atoms with E-state index in [9.17, 15) is 4.79 Å². The Kier molecular flexibility index (Phi) is 6.53. The third-order valence-corrected chi connectivity index (χ3v) is 4.64. The minimum absolute atomic E-state index is 0.153. The van der Waals surface area contributed by atoms with Crippen molar-refractivity contribution in [2.45, 2.75) is 26.5 Å². The van der Waals surface area contributed by atoms with Crippen molar-refractivity contribution >= 4 is 23.5 Å². The average molecular weight is 328 g/mol. The van der Waals surface area contributed by atoms with Crippen LogP contribution in [0.25, 0.3) is 0 Å². The van der Waals surface area contributed by atoms with Gasteiger partial charge in [-0.1, -0.05) is 35.9 Å². The Labute approximate surface area is 142 Å². The van der Waals surface area contributed by atoms with E-state index in [-0.39, 0.29) is 6.03 Å². The lowest BCUT2D eigenvalue weighted by molar-refractivity contribution is 0.252. The summed E-state index contributed by atoms with van der Waals surface area (Å²) in [5.41, 5.74) is 6.24. The van der Waals surface area contributed by atoms with Crippen molar-refractivity contribution < 1.29 is 4.79 Å². The smallest absolute Gasteiger partial charge is 0.319 e. The van der Waals surface area contributed by atoms with E-state index in [1.807, 2.05) is 42.1 Å². The van der Waals surface area contributed by atoms with E-state index >= 15 is 0 Å². The van der Waals surface area contributed by atoms with Crippen LogP contribution in [-0.2, 0) is 5.75 Å². The summed E-state index contributed by atoms with van der Waals surface area (Å²) in [5.74, 6) is 1.88. The molecule has 2 aromatic carbocycles. The molecule has 0 aliphatic carbocycles. The second-order valence-corrected chi connectivity index (χ2v) is 6.78. The number of aryl methyl sites for hydroxylation is 3. The molecule has 0 saturated heterocycles. The molecular formula is C19H24N2OS. The number of hydrogen-bond donors (Lipinski definition) is 2. The molecule has 3 nitrogen and oxygen atoms in total. The predicted molar refractivity (Wildman–Crippen MR) is 100 cm³/mol. The third kappa shape index (κ3) is 5.64. The van der Waals surface area contributed by atoms with Crippen LogP contribution in [0.2, 0.25) is 0 Å². The molecule has 2 aromatic rings. The maximum Gasteiger partial charge on any atom is 0.319 e. The highest BCUT2D eigenvalue weighted by Gasteiger charge is 2.04. The Morgan fingerprint density at radius 2 is 1.70 bits per heavy atom. The predicted octanol–water partition coefficient (Wildman–Crippen LogP) is 4.67. The van der Waals surface area contributed by atoms with Gasteiger partial charge >= 0.3 is 6.03 Å². The Hall–Kier alpha value is -1.94. The maximum absolute atomic E-state index is 11.8. The lowest BCUT2D eigenvalue weighted by Gasteiger charge is -2.11. The first-order valence-electron chi connectivity index (χ1n) is 7.80. The topological polar surface area (TPSA) is 41.1 Å². The molecule has 122 valence electrons. The fraction of sp³-hybridized carbons (Fsp3) is 0.316. The van der Waals surface area contributed by atoms with Gasteiger partial charge in [-0.25, -0.2) is 4.79 Å². The Bertz CT molecular complexity index is 633. The molecule has 0 unspecified atom stereocenters. The number of carbonyl (C=O) groups is 1. The van der Waals surface area contributed by atoms with Crippen LogP contribution in [0.5, 0.6) is 0 Å². The van der Waals surface area contributed by atoms with Crippen molar-refractivity contribution in [2.75, 3.05) is 17.6 Å². The molecule has 0 aromatic heterocycles. The van der Waals surface area contributed by atoms with E-state index < -0.39 is 0 Å². The second-order valence-electron chi connectivity index (χ2n) is 5.68. The van der Waals surface area contributed by atoms with Crippen LogP contribution < -0.4 is 10.6 Å². The van der Waals surface area contributed by atoms with Gasteiger partial charge in [0.05, 0.1) is 0 Å². The van der Waals surface area contributed by atoms with Crippen molar-refractivity contribution in [3.8, 4) is 0 Å². The van der Waals surface area contributed by atoms with Crippen LogP contribution in [0.15, 0.2) is 42.5 Å². The van der Waals surface area contributed by atoms with Crippen LogP contribution in [0.3, 0.4) is 0 Å². The van der Waals surface area contributed by atoms with Gasteiger partial charge in [0.15, 0.2) is 0 Å². The molecule has 0 saturated carbocycles. The van der Waals surface area contributed by atoms with Gasteiger partial charge in [0, 0.05) is 23.7 Å². The van der Waals surface area contributed by atoms with Crippen molar-refractivity contribution in [2.24, 2.45) is 0 Å². The summed E-state index contributed by atoms with van der Waals surface area (Å²) in [5, 5.41) is 5.70. The van der Waals surface area contributed by atoms with Crippen molar-refractivity contribution in [1.82, 2.24) is 5.32 Å². The van der Waals surface area contributed by atoms with Crippen molar-refractivity contribution in [3.05, 3.63) is 64.7 Å². The first-order valence-corrected chi connectivity index (χ1v) is 8.96. The number of rotatable bonds is 6. The Morgan fingerprint density at radius 3 is 2.35 bits per heavy atom. The maximum atomic E-state index is 11.8. The monoisotopic (exact) mass is 328 g/mol. The molecule has 0 aliphatic heterocycles. The third-order valence-electron chi connectivity index (χ3n) is 3.65. The highest BCUT2D eigenvalue weighted by atomic mass is 32.2. The first-order chi connectivity index (χ1) is 11.1. The van der Waals surface area contributed by atoms with Gasteiger partial charge in [0.1, 0.15) is 0 Å². The molecule has 0 fully saturated rings. The van der Waals surface area contributed by atoms with Gasteiger partial charge in [0.25, 0.3) is 0 Å². The summed E-state index contributed by atoms with van der Waals surface area (Å²) in [6.45, 7) is 7.13. The molecule has 0 spiro atoms. The number of amides is 2. The number of nitrogens with one attached hydrogen (secondary N) is 2. The molecule has 0 bridgehead atoms. The fourth-order valence-corrected chi connectivity index (χ4v) is 3.60. The number of carbonyl (C=O) groups excluding carboxylic acids is 1. The van der Waals surface area contributed by atoms with E-state index in [0.717, 1.165) is 17.2 Å². The number of hydrogen-bond acceptors (Lipinski definition) is 2. The molecule has 0 heterocycles. The molecular weight excluding hydrogens is 304 g/mol. The van der Waals surface area contributed by atoms with Crippen molar-refractivity contribution in [1.29, 1.82) is 0 Å². The molecule has 23 heavy (non-hydrogen) atoms. The van der Waals surface area contributed by atoms with Gasteiger partial charge in [-0.3, -0.25) is 0 Å². The summed E-state index contributed by atoms with van der Waals surface area (Å²) in [6.07, 6.45) is 0. The van der Waals surface area contributed by atoms with E-state index in [2.05, 4.69) is 43.5 Å². The van der Waals surface area contributed by atoms with E-state index in [4.69, 9.17) is 0 Å². The quantitative estimate of drug-likeness (QED) is 0.757. The number of thioether (sulfide) groups is 1. The van der Waals surface area contributed by atoms with Gasteiger partial charge in [-0.2, -0.15) is 11.8 Å². The van der Waals surface area contributed by atoms with Gasteiger partial charge in [-0.05, 0) is 49.6 Å². The largest absolute Gasteiger partial charge is 0.337 e. The first kappa shape index (κ1) is 17.4. The zero-order chi connectivity index (χ0) is 16.7. The van der Waals surface area contributed by atoms with Crippen LogP contribution in [0.1, 0.15) is 22.3 Å². The SMILES string of the molecule is Cc1cc(C)c(CSCCNC(=O)Nc2ccccc2)c(C)c1. The number of urea groups is 1. The summed E-state index contributed by atoms with van der Waals surface area (Å²) >= 11 is 1.85. The number of benzene rings is 2. The van der Waals surface area contributed by atoms with Crippen molar-refractivity contribution in [3.63, 3.8) is 0 Å². The van der Waals surface area contributed by atoms with Gasteiger partial charge in [-0.15, -0.1) is 0 Å². The van der Waals surface area contributed by atoms with Crippen LogP contribution in [0, 0.1) is 20.8 Å². The van der Waals surface area contributed by atoms with E-state index in [1.165, 1.54) is 22.3 Å². The molecule has 0 radical (unpaired) electrons. The van der Waals surface area contributed by atoms with Crippen LogP contribution >= 0.6 is 11.8 Å². The minimum atomic E-state index is -0.153. The van der Waals surface area contributed by atoms with Crippen LogP contribution in [0.4, 0.5) is 10.5 Å². The normalized spacial score (nSPS) is 10.4. The highest BCUT2D eigenvalue weighted by Crippen LogP contribution is 2.21. The molecule has 2 rings (SSSR count). The summed E-state index contributed by atoms with van der Waals surface area (Å²) in [6, 6.07) is 13.8. The molecule has 0 atom stereocenters. The van der Waals surface area contributed by atoms with E-state index in [1.54, 1.807) is 0 Å². The summed E-state index contributed by atoms with van der Waals surface area (Å²) in [4.78, 5) is 11.8. The lowest BCUT2D eigenvalue weighted by Crippen LogP contribution is -2.30. The molecule has 2 amide bonds. The summed E-state index contributed by atoms with van der Waals surface area (Å²) < 4.78 is 0. The molecule has 4 heteroatoms. The lowest BCUT2D eigenvalue weighted by atomic mass is 10.0. The van der Waals surface area contributed by atoms with E-state index in [0.29, 0.717) is 6.54 Å². The average Bonchev–Trinajstić information content (AvgIpc) is 2.50. The fourth-order valence-electron chi connectivity index (χ4n) is 2.55. The zero-order valence-electron chi connectivity index (χ0n) is 14.0. The molecule has 0 aliphatic rings. The minimum Gasteiger partial charge on any atom is -0.337 e. The standard InChI is InChI=1S/C19H24N2OS/c1-14-11-15(2)18(16(3)12-14)13-23-10-9-20-19(22)21-17-7-5-4-6-8-17/h4-8,11-12H,9-10,13H2,1-3H3,(H2,20,21,22). The Morgan fingerprint density at radius 1 is 1.04 bits per heavy atom. The Balaban J connectivity index is 1.69. The number of para-hydroxylation sites is 1. The van der Waals surface area contributed by atoms with Gasteiger partial charge in [0.2, 0.25) is 0 Å². The van der Waals surface area contributed by atoms with Gasteiger partial charge < -0.3 is 10.6 Å².